The van der Waals surface area contributed by atoms with Crippen molar-refractivity contribution >= 4 is 11.7 Å². The zero-order valence-corrected chi connectivity index (χ0v) is 17.9. The summed E-state index contributed by atoms with van der Waals surface area (Å²) in [6.07, 6.45) is 10.4. The summed E-state index contributed by atoms with van der Waals surface area (Å²) >= 11 is 0. The smallest absolute Gasteiger partial charge is 0.219 e. The minimum atomic E-state index is -0.630. The molecule has 0 heterocycles. The van der Waals surface area contributed by atoms with Gasteiger partial charge in [0.1, 0.15) is 0 Å². The van der Waals surface area contributed by atoms with E-state index in [4.69, 9.17) is 0 Å². The quantitative estimate of drug-likeness (QED) is 0.279. The number of benzene rings is 1. The first-order valence-corrected chi connectivity index (χ1v) is 11.0. The van der Waals surface area contributed by atoms with Gasteiger partial charge in [-0.15, -0.1) is 0 Å². The number of carbonyl (C=O) groups excluding carboxylic acids is 2. The maximum absolute atomic E-state index is 12.2. The summed E-state index contributed by atoms with van der Waals surface area (Å²) < 4.78 is 0. The van der Waals surface area contributed by atoms with Crippen molar-refractivity contribution in [2.45, 2.75) is 64.1 Å². The lowest BCUT2D eigenvalue weighted by atomic mass is 9.89. The number of allylic oxidation sites excluding steroid dienone is 3. The van der Waals surface area contributed by atoms with Gasteiger partial charge in [-0.3, -0.25) is 9.59 Å². The van der Waals surface area contributed by atoms with Gasteiger partial charge >= 0.3 is 0 Å². The van der Waals surface area contributed by atoms with Gasteiger partial charge in [-0.1, -0.05) is 48.6 Å². The molecule has 0 radical (unpaired) electrons. The number of amides is 1. The molecule has 1 amide bonds. The van der Waals surface area contributed by atoms with Crippen molar-refractivity contribution in [3.05, 3.63) is 60.2 Å². The number of ketones is 1. The van der Waals surface area contributed by atoms with Gasteiger partial charge in [-0.25, -0.2) is 0 Å². The molecule has 0 aliphatic heterocycles. The number of carbonyl (C=O) groups is 2. The molecular weight excluding hydrogens is 378 g/mol. The number of hydrogen-bond acceptors (Lipinski definition) is 4. The van der Waals surface area contributed by atoms with E-state index in [1.54, 1.807) is 12.2 Å². The van der Waals surface area contributed by atoms with E-state index in [0.29, 0.717) is 38.6 Å². The van der Waals surface area contributed by atoms with Crippen LogP contribution in [-0.2, 0) is 16.0 Å². The average Bonchev–Trinajstić information content (AvgIpc) is 3.00. The molecule has 164 valence electrons. The van der Waals surface area contributed by atoms with Crippen molar-refractivity contribution in [2.24, 2.45) is 11.8 Å². The van der Waals surface area contributed by atoms with Crippen LogP contribution in [0.2, 0.25) is 0 Å². The first kappa shape index (κ1) is 24.0. The van der Waals surface area contributed by atoms with E-state index in [0.717, 1.165) is 18.4 Å². The van der Waals surface area contributed by atoms with E-state index >= 15 is 0 Å². The molecule has 4 atom stereocenters. The van der Waals surface area contributed by atoms with Crippen LogP contribution in [0.3, 0.4) is 0 Å². The van der Waals surface area contributed by atoms with Crippen molar-refractivity contribution < 1.29 is 19.8 Å². The first-order chi connectivity index (χ1) is 14.5. The zero-order chi connectivity index (χ0) is 21.8. The van der Waals surface area contributed by atoms with Gasteiger partial charge in [0, 0.05) is 31.7 Å². The van der Waals surface area contributed by atoms with Crippen LogP contribution >= 0.6 is 0 Å². The van der Waals surface area contributed by atoms with Gasteiger partial charge in [0.2, 0.25) is 5.91 Å². The van der Waals surface area contributed by atoms with Crippen LogP contribution in [0.4, 0.5) is 0 Å². The molecule has 1 aromatic rings. The van der Waals surface area contributed by atoms with Crippen LogP contribution in [0.5, 0.6) is 0 Å². The third-order valence-electron chi connectivity index (χ3n) is 5.65. The molecule has 0 aromatic heterocycles. The second-order valence-corrected chi connectivity index (χ2v) is 7.98. The fourth-order valence-corrected chi connectivity index (χ4v) is 3.96. The van der Waals surface area contributed by atoms with E-state index in [1.165, 1.54) is 0 Å². The van der Waals surface area contributed by atoms with Crippen molar-refractivity contribution in [2.75, 3.05) is 6.54 Å². The molecular formula is C25H35NO4. The Labute approximate surface area is 179 Å². The molecule has 5 heteroatoms. The monoisotopic (exact) mass is 413 g/mol. The average molecular weight is 414 g/mol. The molecule has 1 fully saturated rings. The Morgan fingerprint density at radius 2 is 1.87 bits per heavy atom. The molecule has 5 nitrogen and oxygen atoms in total. The molecule has 1 saturated carbocycles. The number of aliphatic hydroxyl groups excluding tert-OH is 2. The third-order valence-corrected chi connectivity index (χ3v) is 5.65. The predicted molar refractivity (Wildman–Crippen MR) is 119 cm³/mol. The first-order valence-electron chi connectivity index (χ1n) is 11.0. The standard InChI is InChI=1S/C25H35NO4/c1-2-26-25(30)13-9-4-3-8-12-21-22(24(29)18-23(21)28)17-16-20(27)15-14-19-10-6-5-7-11-19/h3,5-8,10-11,16-17,21-24,28-29H,2,4,9,12-15,18H2,1H3,(H,26,30). The highest BCUT2D eigenvalue weighted by Gasteiger charge is 2.39. The van der Waals surface area contributed by atoms with Crippen LogP contribution < -0.4 is 5.32 Å². The lowest BCUT2D eigenvalue weighted by molar-refractivity contribution is -0.121. The molecule has 4 unspecified atom stereocenters. The van der Waals surface area contributed by atoms with Crippen molar-refractivity contribution in [3.63, 3.8) is 0 Å². The van der Waals surface area contributed by atoms with Crippen molar-refractivity contribution in [1.29, 1.82) is 0 Å². The highest BCUT2D eigenvalue weighted by molar-refractivity contribution is 5.89. The molecule has 1 aromatic carbocycles. The Balaban J connectivity index is 1.78. The van der Waals surface area contributed by atoms with Gasteiger partial charge in [0.05, 0.1) is 12.2 Å². The molecule has 0 saturated heterocycles. The number of rotatable bonds is 12. The molecule has 0 bridgehead atoms. The van der Waals surface area contributed by atoms with Gasteiger partial charge in [-0.05, 0) is 50.2 Å². The summed E-state index contributed by atoms with van der Waals surface area (Å²) in [6.45, 7) is 2.56. The summed E-state index contributed by atoms with van der Waals surface area (Å²) in [5.41, 5.74) is 1.13. The van der Waals surface area contributed by atoms with E-state index in [-0.39, 0.29) is 23.5 Å². The molecule has 1 aliphatic rings. The Morgan fingerprint density at radius 1 is 1.10 bits per heavy atom. The summed E-state index contributed by atoms with van der Waals surface area (Å²) in [7, 11) is 0. The number of aryl methyl sites for hydroxylation is 1. The molecule has 3 N–H and O–H groups in total. The van der Waals surface area contributed by atoms with Crippen LogP contribution in [0.15, 0.2) is 54.6 Å². The molecule has 0 spiro atoms. The Morgan fingerprint density at radius 3 is 2.60 bits per heavy atom. The number of hydrogen-bond donors (Lipinski definition) is 3. The third kappa shape index (κ3) is 8.25. The normalized spacial score (nSPS) is 24.0. The van der Waals surface area contributed by atoms with Gasteiger partial charge in [0.25, 0.3) is 0 Å². The van der Waals surface area contributed by atoms with Crippen LogP contribution in [-0.4, -0.2) is 40.7 Å². The SMILES string of the molecule is CCNC(=O)CCCC=CCC1C(O)CC(O)C1C=CC(=O)CCc1ccccc1. The zero-order valence-electron chi connectivity index (χ0n) is 17.9. The minimum absolute atomic E-state index is 0.0343. The van der Waals surface area contributed by atoms with E-state index in [2.05, 4.69) is 5.32 Å². The highest BCUT2D eigenvalue weighted by atomic mass is 16.3. The number of unbranched alkanes of at least 4 members (excludes halogenated alkanes) is 1. The van der Waals surface area contributed by atoms with Crippen LogP contribution in [0.1, 0.15) is 51.0 Å². The maximum atomic E-state index is 12.2. The predicted octanol–water partition coefficient (Wildman–Crippen LogP) is 3.36. The summed E-state index contributed by atoms with van der Waals surface area (Å²) in [5.74, 6) is -0.215. The number of aliphatic hydroxyl groups is 2. The summed E-state index contributed by atoms with van der Waals surface area (Å²) in [4.78, 5) is 23.7. The fraction of sp³-hybridized carbons (Fsp3) is 0.520. The van der Waals surface area contributed by atoms with E-state index in [1.807, 2.05) is 49.4 Å². The fourth-order valence-electron chi connectivity index (χ4n) is 3.96. The second kappa shape index (κ2) is 13.1. The van der Waals surface area contributed by atoms with Crippen molar-refractivity contribution in [3.8, 4) is 0 Å². The summed E-state index contributed by atoms with van der Waals surface area (Å²) in [6, 6.07) is 9.89. The van der Waals surface area contributed by atoms with Gasteiger partial charge in [-0.2, -0.15) is 0 Å². The lowest BCUT2D eigenvalue weighted by Gasteiger charge is -2.19. The Bertz CT molecular complexity index is 713. The molecule has 1 aliphatic carbocycles. The number of nitrogens with one attached hydrogen (secondary N) is 1. The van der Waals surface area contributed by atoms with E-state index in [9.17, 15) is 19.8 Å². The second-order valence-electron chi connectivity index (χ2n) is 7.98. The van der Waals surface area contributed by atoms with Crippen LogP contribution in [0, 0.1) is 11.8 Å². The molecule has 2 rings (SSSR count). The topological polar surface area (TPSA) is 86.6 Å². The van der Waals surface area contributed by atoms with Crippen molar-refractivity contribution in [1.82, 2.24) is 5.32 Å². The largest absolute Gasteiger partial charge is 0.393 e. The van der Waals surface area contributed by atoms with E-state index < -0.39 is 12.2 Å². The summed E-state index contributed by atoms with van der Waals surface area (Å²) in [5, 5.41) is 23.4. The molecule has 30 heavy (non-hydrogen) atoms. The van der Waals surface area contributed by atoms with Crippen LogP contribution in [0.25, 0.3) is 0 Å². The minimum Gasteiger partial charge on any atom is -0.393 e. The highest BCUT2D eigenvalue weighted by Crippen LogP contribution is 2.36. The maximum Gasteiger partial charge on any atom is 0.219 e. The lowest BCUT2D eigenvalue weighted by Crippen LogP contribution is -2.21. The van der Waals surface area contributed by atoms with Gasteiger partial charge < -0.3 is 15.5 Å². The Kier molecular flexibility index (Phi) is 10.5. The van der Waals surface area contributed by atoms with Gasteiger partial charge in [0.15, 0.2) is 5.78 Å². The Hall–Kier alpha value is -2.24.